The average molecular weight is 819 g/mol. The molecule has 0 radical (unpaired) electrons. The maximum atomic E-state index is 13.5. The second-order valence-electron chi connectivity index (χ2n) is 15.5. The van der Waals surface area contributed by atoms with Crippen molar-refractivity contribution in [3.8, 4) is 5.75 Å². The van der Waals surface area contributed by atoms with Gasteiger partial charge in [-0.2, -0.15) is 0 Å². The third kappa shape index (κ3) is 19.0. The van der Waals surface area contributed by atoms with Crippen LogP contribution in [0, 0.1) is 0 Å². The lowest BCUT2D eigenvalue weighted by Gasteiger charge is -2.24. The summed E-state index contributed by atoms with van der Waals surface area (Å²) in [7, 11) is 0. The van der Waals surface area contributed by atoms with Crippen LogP contribution in [0.3, 0.4) is 0 Å². The summed E-state index contributed by atoms with van der Waals surface area (Å²) in [5.74, 6) is -3.45. The fourth-order valence-corrected chi connectivity index (χ4v) is 5.05. The Morgan fingerprint density at radius 2 is 1.17 bits per heavy atom. The number of hydrogen-bond donors (Lipinski definition) is 4. The molecule has 16 heteroatoms. The molecule has 59 heavy (non-hydrogen) atoms. The molecule has 0 aliphatic heterocycles. The van der Waals surface area contributed by atoms with Crippen LogP contribution in [0.25, 0.3) is 0 Å². The fraction of sp³-hybridized carbons (Fsp3) is 0.419. The first-order valence-corrected chi connectivity index (χ1v) is 19.0. The number of amides is 4. The topological polar surface area (TPSA) is 214 Å². The highest BCUT2D eigenvalue weighted by molar-refractivity contribution is 5.93. The number of hydrogen-bond acceptors (Lipinski definition) is 12. The molecule has 3 aromatic rings. The molecule has 0 unspecified atom stereocenters. The van der Waals surface area contributed by atoms with E-state index in [9.17, 15) is 33.6 Å². The largest absolute Gasteiger partial charge is 0.514 e. The highest BCUT2D eigenvalue weighted by Gasteiger charge is 2.29. The van der Waals surface area contributed by atoms with E-state index in [0.717, 1.165) is 5.56 Å². The minimum Gasteiger partial charge on any atom is -0.461 e. The molecule has 0 bridgehead atoms. The lowest BCUT2D eigenvalue weighted by molar-refractivity contribution is -0.150. The number of alkyl carbamates (subject to hydrolysis) is 1. The summed E-state index contributed by atoms with van der Waals surface area (Å²) in [6.07, 6.45) is -2.17. The van der Waals surface area contributed by atoms with E-state index in [1.807, 2.05) is 24.3 Å². The van der Waals surface area contributed by atoms with Crippen LogP contribution < -0.4 is 26.0 Å². The van der Waals surface area contributed by atoms with Crippen LogP contribution >= 0.6 is 0 Å². The SMILES string of the molecule is C[C@H](NC(=O)[C@@H](Cc1ccc(OC(=O)OC(C)(C)C)cc1)NC(=O)OC(C)(C)C)C(=O)NCC(=O)N[C@H](CCC(=O)OCc1ccccc1)C(=O)OCc1ccccc1. The maximum absolute atomic E-state index is 13.5. The van der Waals surface area contributed by atoms with Gasteiger partial charge in [-0.1, -0.05) is 72.8 Å². The van der Waals surface area contributed by atoms with E-state index in [-0.39, 0.29) is 38.2 Å². The van der Waals surface area contributed by atoms with Crippen LogP contribution in [0.15, 0.2) is 84.9 Å². The van der Waals surface area contributed by atoms with Gasteiger partial charge in [0.15, 0.2) is 0 Å². The number of carbonyl (C=O) groups excluding carboxylic acids is 7. The first-order chi connectivity index (χ1) is 27.8. The molecule has 0 heterocycles. The Kier molecular flexibility index (Phi) is 17.9. The van der Waals surface area contributed by atoms with Crippen molar-refractivity contribution in [3.05, 3.63) is 102 Å². The van der Waals surface area contributed by atoms with Crippen LogP contribution in [0.4, 0.5) is 9.59 Å². The van der Waals surface area contributed by atoms with Crippen LogP contribution in [-0.4, -0.2) is 77.8 Å². The molecule has 4 N–H and O–H groups in total. The Morgan fingerprint density at radius 1 is 0.610 bits per heavy atom. The molecule has 4 amide bonds. The fourth-order valence-electron chi connectivity index (χ4n) is 5.05. The number of ether oxygens (including phenoxy) is 5. The molecule has 318 valence electrons. The van der Waals surface area contributed by atoms with Crippen molar-refractivity contribution in [3.63, 3.8) is 0 Å². The van der Waals surface area contributed by atoms with Crippen molar-refractivity contribution in [2.45, 2.75) is 110 Å². The summed E-state index contributed by atoms with van der Waals surface area (Å²) < 4.78 is 26.4. The van der Waals surface area contributed by atoms with Gasteiger partial charge in [0.25, 0.3) is 0 Å². The predicted octanol–water partition coefficient (Wildman–Crippen LogP) is 4.81. The molecule has 0 saturated heterocycles. The number of carbonyl (C=O) groups is 7. The van der Waals surface area contributed by atoms with Gasteiger partial charge in [-0.3, -0.25) is 19.2 Å². The van der Waals surface area contributed by atoms with Gasteiger partial charge in [-0.15, -0.1) is 0 Å². The Labute approximate surface area is 344 Å². The van der Waals surface area contributed by atoms with E-state index < -0.39 is 77.8 Å². The Morgan fingerprint density at radius 3 is 1.73 bits per heavy atom. The number of esters is 2. The number of rotatable bonds is 18. The molecular formula is C43H54N4O12. The normalized spacial score (nSPS) is 12.7. The van der Waals surface area contributed by atoms with Crippen molar-refractivity contribution in [1.82, 2.24) is 21.3 Å². The highest BCUT2D eigenvalue weighted by atomic mass is 16.7. The quantitative estimate of drug-likeness (QED) is 0.0774. The second-order valence-corrected chi connectivity index (χ2v) is 15.5. The van der Waals surface area contributed by atoms with Crippen LogP contribution in [0.5, 0.6) is 5.75 Å². The molecule has 0 aliphatic carbocycles. The molecule has 0 aliphatic rings. The van der Waals surface area contributed by atoms with E-state index >= 15 is 0 Å². The Hall–Kier alpha value is -6.45. The first kappa shape index (κ1) is 46.9. The molecule has 0 saturated carbocycles. The van der Waals surface area contributed by atoms with E-state index in [1.165, 1.54) is 19.1 Å². The molecule has 16 nitrogen and oxygen atoms in total. The number of benzene rings is 3. The molecule has 0 aromatic heterocycles. The summed E-state index contributed by atoms with van der Waals surface area (Å²) in [6, 6.07) is 20.4. The number of nitrogens with one attached hydrogen (secondary N) is 4. The van der Waals surface area contributed by atoms with Crippen molar-refractivity contribution in [1.29, 1.82) is 0 Å². The minimum absolute atomic E-state index is 0.0353. The predicted molar refractivity (Wildman–Crippen MR) is 214 cm³/mol. The van der Waals surface area contributed by atoms with Gasteiger partial charge in [-0.05, 0) is 83.7 Å². The van der Waals surface area contributed by atoms with Crippen LogP contribution in [-0.2, 0) is 62.6 Å². The summed E-state index contributed by atoms with van der Waals surface area (Å²) in [6.45, 7) is 10.8. The lowest BCUT2D eigenvalue weighted by atomic mass is 10.0. The van der Waals surface area contributed by atoms with Gasteiger partial charge in [-0.25, -0.2) is 14.4 Å². The summed E-state index contributed by atoms with van der Waals surface area (Å²) in [5.41, 5.74) is 0.427. The third-order valence-corrected chi connectivity index (χ3v) is 7.86. The molecule has 0 fully saturated rings. The van der Waals surface area contributed by atoms with Gasteiger partial charge in [0, 0.05) is 12.8 Å². The van der Waals surface area contributed by atoms with Gasteiger partial charge in [0.2, 0.25) is 17.7 Å². The zero-order valence-corrected chi connectivity index (χ0v) is 34.5. The van der Waals surface area contributed by atoms with Gasteiger partial charge in [0.05, 0.1) is 6.54 Å². The van der Waals surface area contributed by atoms with Gasteiger partial charge < -0.3 is 45.0 Å². The summed E-state index contributed by atoms with van der Waals surface area (Å²) in [4.78, 5) is 89.9. The monoisotopic (exact) mass is 818 g/mol. The van der Waals surface area contributed by atoms with E-state index in [0.29, 0.717) is 11.1 Å². The molecule has 3 aromatic carbocycles. The van der Waals surface area contributed by atoms with E-state index in [2.05, 4.69) is 21.3 Å². The van der Waals surface area contributed by atoms with E-state index in [4.69, 9.17) is 23.7 Å². The molecule has 3 atom stereocenters. The van der Waals surface area contributed by atoms with Crippen molar-refractivity contribution < 1.29 is 57.2 Å². The van der Waals surface area contributed by atoms with Crippen LogP contribution in [0.1, 0.15) is 78.0 Å². The maximum Gasteiger partial charge on any atom is 0.514 e. The van der Waals surface area contributed by atoms with Gasteiger partial charge in [0.1, 0.15) is 48.3 Å². The molecule has 0 spiro atoms. The zero-order valence-electron chi connectivity index (χ0n) is 34.5. The Balaban J connectivity index is 1.60. The minimum atomic E-state index is -1.25. The zero-order chi connectivity index (χ0) is 43.6. The second kappa shape index (κ2) is 22.5. The standard InChI is InChI=1S/C43H54N4O12/c1-28(45-38(51)34(47-40(53)58-42(2,3)4)24-29-18-20-32(21-19-29)57-41(54)59-43(5,6)7)37(50)44-25-35(48)46-33(39(52)56-27-31-16-12-9-13-17-31)22-23-36(49)55-26-30-14-10-8-11-15-30/h8-21,28,33-34H,22-27H2,1-7H3,(H,44,50)(H,45,51)(H,46,48)(H,47,53)/t28-,33+,34+/m0/s1. The summed E-state index contributed by atoms with van der Waals surface area (Å²) >= 11 is 0. The molecule has 3 rings (SSSR count). The van der Waals surface area contributed by atoms with Crippen molar-refractivity contribution in [2.75, 3.05) is 6.54 Å². The van der Waals surface area contributed by atoms with Crippen LogP contribution in [0.2, 0.25) is 0 Å². The third-order valence-electron chi connectivity index (χ3n) is 7.86. The Bertz CT molecular complexity index is 1870. The van der Waals surface area contributed by atoms with Crippen molar-refractivity contribution in [2.24, 2.45) is 0 Å². The lowest BCUT2D eigenvalue weighted by Crippen LogP contribution is -2.55. The van der Waals surface area contributed by atoms with Gasteiger partial charge >= 0.3 is 24.2 Å². The smallest absolute Gasteiger partial charge is 0.461 e. The van der Waals surface area contributed by atoms with Crippen molar-refractivity contribution >= 4 is 41.9 Å². The first-order valence-electron chi connectivity index (χ1n) is 19.0. The summed E-state index contributed by atoms with van der Waals surface area (Å²) in [5, 5.41) is 9.99. The highest BCUT2D eigenvalue weighted by Crippen LogP contribution is 2.17. The van der Waals surface area contributed by atoms with E-state index in [1.54, 1.807) is 90.1 Å². The molecular weight excluding hydrogens is 764 g/mol. The average Bonchev–Trinajstić information content (AvgIpc) is 3.16.